The van der Waals surface area contributed by atoms with Crippen molar-refractivity contribution >= 4 is 32.3 Å². The Kier molecular flexibility index (Phi) is 4.47. The van der Waals surface area contributed by atoms with E-state index in [0.29, 0.717) is 11.2 Å². The average molecular weight is 374 g/mol. The number of para-hydroxylation sites is 1. The van der Waals surface area contributed by atoms with Crippen molar-refractivity contribution in [2.24, 2.45) is 0 Å². The highest BCUT2D eigenvalue weighted by atomic mass is 32.2. The molecule has 1 unspecified atom stereocenters. The van der Waals surface area contributed by atoms with Gasteiger partial charge in [0.05, 0.1) is 5.52 Å². The van der Waals surface area contributed by atoms with Crippen molar-refractivity contribution in [2.75, 3.05) is 7.05 Å². The predicted molar refractivity (Wildman–Crippen MR) is 99.8 cm³/mol. The first-order valence-corrected chi connectivity index (χ1v) is 9.95. The fourth-order valence-electron chi connectivity index (χ4n) is 2.89. The van der Waals surface area contributed by atoms with Gasteiger partial charge in [0.2, 0.25) is 15.7 Å². The summed E-state index contributed by atoms with van der Waals surface area (Å²) >= 11 is 0. The van der Waals surface area contributed by atoms with Crippen LogP contribution < -0.4 is 0 Å². The highest BCUT2D eigenvalue weighted by Gasteiger charge is 2.36. The minimum absolute atomic E-state index is 0.0984. The van der Waals surface area contributed by atoms with Gasteiger partial charge in [-0.1, -0.05) is 18.2 Å². The molecule has 0 radical (unpaired) electrons. The van der Waals surface area contributed by atoms with Crippen LogP contribution in [0.15, 0.2) is 35.5 Å². The fraction of sp³-hybridized carbons (Fsp3) is 0.389. The predicted octanol–water partition coefficient (Wildman–Crippen LogP) is 2.22. The van der Waals surface area contributed by atoms with E-state index in [-0.39, 0.29) is 11.2 Å². The van der Waals surface area contributed by atoms with E-state index in [4.69, 9.17) is 0 Å². The van der Waals surface area contributed by atoms with Gasteiger partial charge in [0.15, 0.2) is 5.65 Å². The summed E-state index contributed by atoms with van der Waals surface area (Å²) in [7, 11) is -2.41. The Morgan fingerprint density at radius 1 is 1.15 bits per heavy atom. The Bertz CT molecular complexity index is 1100. The second kappa shape index (κ2) is 6.35. The van der Waals surface area contributed by atoms with Crippen LogP contribution in [0.25, 0.3) is 16.6 Å². The van der Waals surface area contributed by atoms with Gasteiger partial charge in [-0.05, 0) is 45.4 Å². The number of rotatable bonds is 4. The molecule has 0 saturated heterocycles. The first kappa shape index (κ1) is 18.3. The van der Waals surface area contributed by atoms with Gasteiger partial charge in [-0.2, -0.15) is 0 Å². The Hall–Kier alpha value is -2.48. The maximum Gasteiger partial charge on any atom is 0.255 e. The van der Waals surface area contributed by atoms with E-state index in [1.165, 1.54) is 16.2 Å². The number of aromatic nitrogens is 3. The third-order valence-corrected chi connectivity index (χ3v) is 6.67. The van der Waals surface area contributed by atoms with Gasteiger partial charge in [-0.25, -0.2) is 8.42 Å². The zero-order chi connectivity index (χ0) is 19.2. The zero-order valence-electron chi connectivity index (χ0n) is 15.5. The first-order valence-electron chi connectivity index (χ1n) is 8.40. The van der Waals surface area contributed by atoms with Gasteiger partial charge < -0.3 is 4.90 Å². The van der Waals surface area contributed by atoms with Gasteiger partial charge in [0, 0.05) is 18.5 Å². The Morgan fingerprint density at radius 3 is 2.46 bits per heavy atom. The number of nitrogens with zero attached hydrogens (tertiary/aromatic N) is 4. The van der Waals surface area contributed by atoms with Crippen LogP contribution in [0.5, 0.6) is 0 Å². The number of hydrogen-bond donors (Lipinski definition) is 0. The second-order valence-electron chi connectivity index (χ2n) is 6.75. The third kappa shape index (κ3) is 2.74. The van der Waals surface area contributed by atoms with Gasteiger partial charge >= 0.3 is 0 Å². The van der Waals surface area contributed by atoms with Crippen molar-refractivity contribution in [1.29, 1.82) is 0 Å². The summed E-state index contributed by atoms with van der Waals surface area (Å²) in [6.07, 6.45) is 0. The van der Waals surface area contributed by atoms with E-state index in [1.807, 2.05) is 45.0 Å². The summed E-state index contributed by atoms with van der Waals surface area (Å²) in [5.41, 5.74) is 2.12. The molecule has 2 heterocycles. The smallest absolute Gasteiger partial charge is 0.255 e. The van der Waals surface area contributed by atoms with Crippen molar-refractivity contribution in [2.45, 2.75) is 44.1 Å². The highest BCUT2D eigenvalue weighted by molar-refractivity contribution is 7.92. The molecule has 0 aliphatic rings. The average Bonchev–Trinajstić information content (AvgIpc) is 3.04. The standard InChI is InChI=1S/C18H22N4O3S/c1-11(2)21(5)17(23)13(4)26(24,25)18-20-19-16-10-12(3)14-8-6-7-9-15(14)22(16)18/h6-11,13H,1-5H3. The van der Waals surface area contributed by atoms with Gasteiger partial charge in [-0.15, -0.1) is 10.2 Å². The van der Waals surface area contributed by atoms with E-state index >= 15 is 0 Å². The van der Waals surface area contributed by atoms with Gasteiger partial charge in [0.1, 0.15) is 5.25 Å². The fourth-order valence-corrected chi connectivity index (χ4v) is 4.24. The lowest BCUT2D eigenvalue weighted by atomic mass is 10.1. The topological polar surface area (TPSA) is 84.6 Å². The van der Waals surface area contributed by atoms with Crippen molar-refractivity contribution < 1.29 is 13.2 Å². The molecule has 0 N–H and O–H groups in total. The van der Waals surface area contributed by atoms with Gasteiger partial charge in [-0.3, -0.25) is 9.20 Å². The number of sulfone groups is 1. The molecule has 1 atom stereocenters. The van der Waals surface area contributed by atoms with Gasteiger partial charge in [0.25, 0.3) is 5.16 Å². The number of hydrogen-bond acceptors (Lipinski definition) is 5. The molecule has 3 rings (SSSR count). The van der Waals surface area contributed by atoms with Crippen LogP contribution in [0.1, 0.15) is 26.3 Å². The second-order valence-corrected chi connectivity index (χ2v) is 8.91. The molecule has 2 aromatic heterocycles. The Morgan fingerprint density at radius 2 is 1.81 bits per heavy atom. The molecule has 7 nitrogen and oxygen atoms in total. The molecule has 138 valence electrons. The number of fused-ring (bicyclic) bond motifs is 3. The van der Waals surface area contributed by atoms with Crippen molar-refractivity contribution in [3.8, 4) is 0 Å². The largest absolute Gasteiger partial charge is 0.342 e. The number of carbonyl (C=O) groups excluding carboxylic acids is 1. The van der Waals surface area contributed by atoms with Crippen LogP contribution in [0.4, 0.5) is 0 Å². The lowest BCUT2D eigenvalue weighted by Crippen LogP contribution is -2.43. The van der Waals surface area contributed by atoms with Crippen molar-refractivity contribution in [3.63, 3.8) is 0 Å². The summed E-state index contributed by atoms with van der Waals surface area (Å²) in [4.78, 5) is 14.0. The van der Waals surface area contributed by atoms with Crippen LogP contribution in [0.3, 0.4) is 0 Å². The molecule has 0 bridgehead atoms. The SMILES string of the molecule is Cc1cc2nnc(S(=O)(=O)C(C)C(=O)N(C)C(C)C)n2c2ccccc12. The lowest BCUT2D eigenvalue weighted by molar-refractivity contribution is -0.130. The molecule has 1 amide bonds. The number of pyridine rings is 1. The first-order chi connectivity index (χ1) is 12.2. The monoisotopic (exact) mass is 374 g/mol. The molecule has 1 aromatic carbocycles. The van der Waals surface area contributed by atoms with E-state index < -0.39 is 21.0 Å². The van der Waals surface area contributed by atoms with Crippen molar-refractivity contribution in [3.05, 3.63) is 35.9 Å². The quantitative estimate of drug-likeness (QED) is 0.699. The number of carbonyl (C=O) groups is 1. The Balaban J connectivity index is 2.22. The van der Waals surface area contributed by atoms with Crippen LogP contribution >= 0.6 is 0 Å². The van der Waals surface area contributed by atoms with Crippen molar-refractivity contribution in [1.82, 2.24) is 19.5 Å². The van der Waals surface area contributed by atoms with E-state index in [0.717, 1.165) is 10.9 Å². The molecule has 26 heavy (non-hydrogen) atoms. The normalized spacial score (nSPS) is 13.5. The molecular weight excluding hydrogens is 352 g/mol. The minimum Gasteiger partial charge on any atom is -0.342 e. The maximum atomic E-state index is 13.1. The summed E-state index contributed by atoms with van der Waals surface area (Å²) < 4.78 is 27.8. The van der Waals surface area contributed by atoms with Crippen LogP contribution in [-0.2, 0) is 14.6 Å². The van der Waals surface area contributed by atoms with E-state index in [2.05, 4.69) is 10.2 Å². The summed E-state index contributed by atoms with van der Waals surface area (Å²) in [6.45, 7) is 7.00. The number of benzene rings is 1. The molecule has 0 fully saturated rings. The molecule has 0 saturated carbocycles. The van der Waals surface area contributed by atoms with E-state index in [9.17, 15) is 13.2 Å². The maximum absolute atomic E-state index is 13.1. The Labute approximate surface area is 152 Å². The highest BCUT2D eigenvalue weighted by Crippen LogP contribution is 2.25. The summed E-state index contributed by atoms with van der Waals surface area (Å²) in [5, 5.41) is 7.40. The van der Waals surface area contributed by atoms with Crippen LogP contribution in [0.2, 0.25) is 0 Å². The molecule has 0 aliphatic heterocycles. The number of aryl methyl sites for hydroxylation is 1. The summed E-state index contributed by atoms with van der Waals surface area (Å²) in [5.74, 6) is -0.465. The zero-order valence-corrected chi connectivity index (χ0v) is 16.3. The molecule has 0 spiro atoms. The molecule has 3 aromatic rings. The van der Waals surface area contributed by atoms with E-state index in [1.54, 1.807) is 13.1 Å². The lowest BCUT2D eigenvalue weighted by Gasteiger charge is -2.24. The van der Waals surface area contributed by atoms with Crippen LogP contribution in [0, 0.1) is 6.92 Å². The minimum atomic E-state index is -4.01. The molecular formula is C18H22N4O3S. The molecule has 0 aliphatic carbocycles. The third-order valence-electron chi connectivity index (χ3n) is 4.76. The van der Waals surface area contributed by atoms with Crippen LogP contribution in [-0.4, -0.2) is 52.2 Å². The molecule has 8 heteroatoms. The summed E-state index contributed by atoms with van der Waals surface area (Å²) in [6, 6.07) is 9.16. The number of amides is 1.